The summed E-state index contributed by atoms with van der Waals surface area (Å²) in [4.78, 5) is 118. The first-order chi connectivity index (χ1) is 52.2. The molecule has 2 heterocycles. The van der Waals surface area contributed by atoms with Crippen LogP contribution in [-0.2, 0) is 82.3 Å². The molecule has 4 aromatic carbocycles. The number of benzene rings is 4. The van der Waals surface area contributed by atoms with Crippen molar-refractivity contribution in [2.75, 3.05) is 42.6 Å². The summed E-state index contributed by atoms with van der Waals surface area (Å²) in [5, 5.41) is 41.9. The number of anilines is 1. The molecule has 0 unspecified atom stereocenters. The van der Waals surface area contributed by atoms with E-state index in [1.54, 1.807) is 61.5 Å². The zero-order valence-corrected chi connectivity index (χ0v) is 65.2. The van der Waals surface area contributed by atoms with Gasteiger partial charge in [0.25, 0.3) is 20.2 Å². The third-order valence-corrected chi connectivity index (χ3v) is 21.7. The van der Waals surface area contributed by atoms with Crippen LogP contribution in [0.3, 0.4) is 0 Å². The second-order valence-corrected chi connectivity index (χ2v) is 32.6. The number of hydrogen-bond donors (Lipinski definition) is 10. The van der Waals surface area contributed by atoms with Crippen molar-refractivity contribution in [3.63, 3.8) is 0 Å². The number of urea groups is 1. The van der Waals surface area contributed by atoms with E-state index < -0.39 is 115 Å². The Hall–Kier alpha value is -9.64. The van der Waals surface area contributed by atoms with Gasteiger partial charge in [0.2, 0.25) is 23.4 Å². The lowest BCUT2D eigenvalue weighted by molar-refractivity contribution is -0.438. The zero-order chi connectivity index (χ0) is 80.2. The molecule has 0 fully saturated rings. The largest absolute Gasteiger partial charge is 0.481 e. The molecule has 1 aliphatic carbocycles. The smallest absolute Gasteiger partial charge is 0.326 e. The van der Waals surface area contributed by atoms with Crippen LogP contribution < -0.4 is 36.2 Å². The Morgan fingerprint density at radius 3 is 1.86 bits per heavy atom. The molecule has 26 nitrogen and oxygen atoms in total. The van der Waals surface area contributed by atoms with Crippen LogP contribution in [-0.4, -0.2) is 161 Å². The summed E-state index contributed by atoms with van der Waals surface area (Å²) >= 11 is 0. The summed E-state index contributed by atoms with van der Waals surface area (Å²) in [5.74, 6) is -7.28. The number of unbranched alkanes of at least 4 members (excludes halogenated alkanes) is 7. The van der Waals surface area contributed by atoms with E-state index in [1.807, 2.05) is 36.4 Å². The van der Waals surface area contributed by atoms with Gasteiger partial charge in [0.1, 0.15) is 35.9 Å². The molecule has 28 heteroatoms. The minimum atomic E-state index is -4.16. The maximum Gasteiger partial charge on any atom is 0.326 e. The number of carbonyl (C=O) groups is 9. The van der Waals surface area contributed by atoms with Crippen LogP contribution in [0.15, 0.2) is 150 Å². The number of rotatable bonds is 47. The number of fused-ring (bicyclic) bond motifs is 2. The predicted molar refractivity (Wildman–Crippen MR) is 418 cm³/mol. The molecule has 5 amide bonds. The number of carboxylic acids is 3. The van der Waals surface area contributed by atoms with Gasteiger partial charge in [-0.2, -0.15) is 21.4 Å². The molecule has 596 valence electrons. The molecule has 110 heavy (non-hydrogen) atoms. The van der Waals surface area contributed by atoms with Crippen molar-refractivity contribution >= 4 is 90.5 Å². The van der Waals surface area contributed by atoms with Gasteiger partial charge in [0.15, 0.2) is 11.5 Å². The van der Waals surface area contributed by atoms with E-state index in [4.69, 9.17) is 9.84 Å². The molecule has 0 bridgehead atoms. The number of carbonyl (C=O) groups excluding carboxylic acids is 6. The number of ketones is 2. The van der Waals surface area contributed by atoms with Crippen LogP contribution in [0, 0.1) is 5.92 Å². The van der Waals surface area contributed by atoms with Crippen molar-refractivity contribution in [1.29, 1.82) is 0 Å². The number of carboxylic acid groups (broad SMARTS) is 3. The quantitative estimate of drug-likeness (QED) is 0.0112. The van der Waals surface area contributed by atoms with Gasteiger partial charge in [-0.3, -0.25) is 37.9 Å². The molecule has 3 aliphatic rings. The van der Waals surface area contributed by atoms with Crippen LogP contribution >= 0.6 is 0 Å². The Morgan fingerprint density at radius 2 is 1.20 bits per heavy atom. The van der Waals surface area contributed by atoms with Crippen molar-refractivity contribution in [1.82, 2.24) is 26.6 Å². The average molecular weight is 1560 g/mol. The van der Waals surface area contributed by atoms with E-state index in [0.29, 0.717) is 87.1 Å². The van der Waals surface area contributed by atoms with Gasteiger partial charge >= 0.3 is 23.9 Å². The van der Waals surface area contributed by atoms with Gasteiger partial charge in [-0.25, -0.2) is 14.4 Å². The first-order valence-electron chi connectivity index (χ1n) is 38.0. The third kappa shape index (κ3) is 27.4. The first kappa shape index (κ1) is 87.6. The Bertz CT molecular complexity index is 4320. The lowest BCUT2D eigenvalue weighted by atomic mass is 9.81. The van der Waals surface area contributed by atoms with Crippen molar-refractivity contribution in [2.24, 2.45) is 5.92 Å². The molecular formula is C82H108N7O19S2+. The van der Waals surface area contributed by atoms with E-state index in [2.05, 4.69) is 100 Å². The number of ether oxygens (including phenoxy) is 1. The topological polar surface area (TPSA) is 399 Å². The number of para-hydroxylation sites is 2. The Morgan fingerprint density at radius 1 is 0.582 bits per heavy atom. The van der Waals surface area contributed by atoms with Gasteiger partial charge in [-0.05, 0) is 150 Å². The summed E-state index contributed by atoms with van der Waals surface area (Å²) in [5.41, 5.74) is 8.10. The number of nitrogens with zero attached hydrogens (tertiary/aromatic N) is 2. The lowest BCUT2D eigenvalue weighted by Crippen LogP contribution is -2.48. The van der Waals surface area contributed by atoms with E-state index in [9.17, 15) is 79.3 Å². The van der Waals surface area contributed by atoms with Crippen LogP contribution in [0.1, 0.15) is 192 Å². The fourth-order valence-corrected chi connectivity index (χ4v) is 15.4. The Kier molecular flexibility index (Phi) is 33.4. The summed E-state index contributed by atoms with van der Waals surface area (Å²) in [6.07, 6.45) is 14.6. The zero-order valence-electron chi connectivity index (χ0n) is 63.6. The third-order valence-electron chi connectivity index (χ3n) is 20.1. The van der Waals surface area contributed by atoms with E-state index >= 15 is 0 Å². The van der Waals surface area contributed by atoms with Gasteiger partial charge in [-0.1, -0.05) is 124 Å². The maximum absolute atomic E-state index is 14.5. The number of allylic oxidation sites excluding steroid dienone is 7. The molecule has 0 aromatic heterocycles. The molecule has 4 aromatic rings. The highest BCUT2D eigenvalue weighted by Gasteiger charge is 2.45. The SMILES string of the molecule is CCNC(=O)C[C@H](CC(=O)[C@H](Cc1ccccc1)NC(=O)CCCCCCCCC(=O)CC[C@H](NC(=O)NCCCC(=O)O)C(=O)O)C(=O)N[C@@H](Cc1ccc(OC2=C(/C=C/C3=[N+](CCCCS(=O)(=O)O)c4ccccc4C3(C)C)CCC/C2=C\C=C2\N(CCCCS(=O)(=O)O)c3ccccc3C2(C)C)cc1)C(=O)O. The van der Waals surface area contributed by atoms with Crippen LogP contribution in [0.5, 0.6) is 5.75 Å². The molecule has 2 aliphatic heterocycles. The molecule has 10 N–H and O–H groups in total. The highest BCUT2D eigenvalue weighted by atomic mass is 32.2. The number of amides is 5. The molecule has 4 atom stereocenters. The molecule has 7 rings (SSSR count). The monoisotopic (exact) mass is 1560 g/mol. The number of aliphatic carboxylic acids is 3. The standard InChI is InChI=1S/C82H107N7O19S2/c1-6-83-74(93)55-60(54-70(91)66(52-56-26-12-11-13-27-56)85-73(92)35-15-10-8-7-9-14-30-61(90)41-44-65(78(97)98)87-80(101)84-47-25-36-75(94)95)77(96)86-67(79(99)100)53-57-37-42-62(43-38-57)108-76-58(39-45-71-81(2,3)63-31-16-18-33-68(63)88(71)48-20-22-50-109(102,103)104)28-24-29-59(76)40-46-72-82(4,5)64-32-17-19-34-69(64)89(72)49-21-23-51-110(105,106)107/h11-13,16-19,26-27,31-34,37-40,42-43,45-46,60,65-67H,6-10,14-15,20-25,28-30,35-36,41,44,47-55H2,1-5H3,(H9-,83,84,85,86,87,92,93,94,95,96,97,98,99,100,101,102,103,104,105,106,107)/p+1/t60-,65-,66-,67-/m0/s1. The van der Waals surface area contributed by atoms with Gasteiger partial charge in [0.05, 0.1) is 28.9 Å². The predicted octanol–water partition coefficient (Wildman–Crippen LogP) is 11.1. The van der Waals surface area contributed by atoms with E-state index in [1.165, 1.54) is 0 Å². The van der Waals surface area contributed by atoms with Crippen LogP contribution in [0.2, 0.25) is 0 Å². The molecule has 0 radical (unpaired) electrons. The summed E-state index contributed by atoms with van der Waals surface area (Å²) < 4.78 is 75.2. The maximum atomic E-state index is 14.5. The van der Waals surface area contributed by atoms with Gasteiger partial charge < -0.3 is 51.5 Å². The summed E-state index contributed by atoms with van der Waals surface area (Å²) in [6.45, 7) is 11.5. The minimum absolute atomic E-state index is 0.0394. The van der Waals surface area contributed by atoms with E-state index in [0.717, 1.165) is 64.3 Å². The van der Waals surface area contributed by atoms with Gasteiger partial charge in [-0.15, -0.1) is 0 Å². The number of Topliss-reactive ketones (excluding diaryl/α,β-unsaturated/α-hetero) is 2. The highest BCUT2D eigenvalue weighted by molar-refractivity contribution is 7.86. The summed E-state index contributed by atoms with van der Waals surface area (Å²) in [7, 11) is -8.32. The first-order valence-corrected chi connectivity index (χ1v) is 41.2. The van der Waals surface area contributed by atoms with Gasteiger partial charge in [0, 0.05) is 106 Å². The van der Waals surface area contributed by atoms with Crippen molar-refractivity contribution < 1.29 is 93.7 Å². The van der Waals surface area contributed by atoms with Crippen molar-refractivity contribution in [2.45, 2.75) is 211 Å². The second-order valence-electron chi connectivity index (χ2n) is 29.4. The minimum Gasteiger partial charge on any atom is -0.481 e. The molecule has 0 spiro atoms. The highest BCUT2D eigenvalue weighted by Crippen LogP contribution is 2.48. The van der Waals surface area contributed by atoms with Crippen LogP contribution in [0.25, 0.3) is 0 Å². The summed E-state index contributed by atoms with van der Waals surface area (Å²) in [6, 6.07) is 27.2. The van der Waals surface area contributed by atoms with Crippen molar-refractivity contribution in [3.05, 3.63) is 172 Å². The molecule has 0 saturated carbocycles. The van der Waals surface area contributed by atoms with Crippen molar-refractivity contribution in [3.8, 4) is 5.75 Å². The Balaban J connectivity index is 1.05. The second kappa shape index (κ2) is 42.0. The number of hydrogen-bond acceptors (Lipinski definition) is 15. The average Bonchev–Trinajstić information content (AvgIpc) is 1.60. The lowest BCUT2D eigenvalue weighted by Gasteiger charge is -2.27. The van der Waals surface area contributed by atoms with E-state index in [-0.39, 0.29) is 94.6 Å². The molecule has 0 saturated heterocycles. The fraction of sp³-hybridized carbons (Fsp3) is 0.488. The van der Waals surface area contributed by atoms with Crippen LogP contribution in [0.4, 0.5) is 16.2 Å². The number of nitrogens with one attached hydrogen (secondary N) is 5. The Labute approximate surface area is 645 Å². The fourth-order valence-electron chi connectivity index (χ4n) is 14.3. The normalized spacial score (nSPS) is 16.4. The molecular weight excluding hydrogens is 1450 g/mol.